The van der Waals surface area contributed by atoms with Gasteiger partial charge in [0, 0.05) is 26.7 Å². The van der Waals surface area contributed by atoms with E-state index in [4.69, 9.17) is 0 Å². The van der Waals surface area contributed by atoms with Crippen LogP contribution in [0.25, 0.3) is 0 Å². The molecule has 1 saturated heterocycles. The highest BCUT2D eigenvalue weighted by atomic mass is 16.3. The molecule has 3 aromatic rings. The molecular formula is C29H32N2O2. The van der Waals surface area contributed by atoms with Gasteiger partial charge in [-0.3, -0.25) is 4.79 Å². The summed E-state index contributed by atoms with van der Waals surface area (Å²) >= 11 is 0. The molecule has 0 aromatic heterocycles. The van der Waals surface area contributed by atoms with Crippen LogP contribution in [0.4, 0.5) is 0 Å². The molecule has 4 nitrogen and oxygen atoms in total. The van der Waals surface area contributed by atoms with Gasteiger partial charge in [-0.2, -0.15) is 0 Å². The zero-order valence-electron chi connectivity index (χ0n) is 19.3. The Morgan fingerprint density at radius 3 is 2.06 bits per heavy atom. The standard InChI is InChI=1S/C29H32N2O2/c1-30-22-23-10-8-9-15-26(23)29(27(30)32,25-13-6-3-7-14-25)18-21-31-19-16-28(33,17-20-31)24-11-4-2-5-12-24/h2-15,33H,16-22H2,1H3. The second kappa shape index (κ2) is 8.77. The predicted octanol–water partition coefficient (Wildman–Crippen LogP) is 4.32. The number of hydrogen-bond donors (Lipinski definition) is 1. The number of benzene rings is 3. The van der Waals surface area contributed by atoms with E-state index >= 15 is 0 Å². The summed E-state index contributed by atoms with van der Waals surface area (Å²) in [5.74, 6) is 0.171. The van der Waals surface area contributed by atoms with Gasteiger partial charge in [0.15, 0.2) is 0 Å². The first-order valence-corrected chi connectivity index (χ1v) is 11.9. The Kier molecular flexibility index (Phi) is 5.81. The van der Waals surface area contributed by atoms with Crippen LogP contribution in [0.2, 0.25) is 0 Å². The summed E-state index contributed by atoms with van der Waals surface area (Å²) in [6.07, 6.45) is 2.14. The molecule has 4 heteroatoms. The Morgan fingerprint density at radius 2 is 1.39 bits per heavy atom. The zero-order valence-corrected chi connectivity index (χ0v) is 19.3. The van der Waals surface area contributed by atoms with Crippen molar-refractivity contribution in [1.82, 2.24) is 9.80 Å². The Hall–Kier alpha value is -2.95. The average Bonchev–Trinajstić information content (AvgIpc) is 2.87. The minimum Gasteiger partial charge on any atom is -0.385 e. The van der Waals surface area contributed by atoms with Gasteiger partial charge in [-0.1, -0.05) is 84.9 Å². The second-order valence-electron chi connectivity index (χ2n) is 9.58. The van der Waals surface area contributed by atoms with Gasteiger partial charge in [-0.15, -0.1) is 0 Å². The predicted molar refractivity (Wildman–Crippen MR) is 131 cm³/mol. The molecular weight excluding hydrogens is 408 g/mol. The molecule has 2 aliphatic rings. The minimum atomic E-state index is -0.762. The van der Waals surface area contributed by atoms with Crippen molar-refractivity contribution in [3.63, 3.8) is 0 Å². The van der Waals surface area contributed by atoms with Crippen molar-refractivity contribution >= 4 is 5.91 Å². The lowest BCUT2D eigenvalue weighted by atomic mass is 9.67. The summed E-state index contributed by atoms with van der Waals surface area (Å²) in [5, 5.41) is 11.2. The van der Waals surface area contributed by atoms with Gasteiger partial charge >= 0.3 is 0 Å². The van der Waals surface area contributed by atoms with E-state index in [2.05, 4.69) is 41.3 Å². The smallest absolute Gasteiger partial charge is 0.237 e. The number of rotatable bonds is 5. The number of nitrogens with zero attached hydrogens (tertiary/aromatic N) is 2. The van der Waals surface area contributed by atoms with E-state index in [0.717, 1.165) is 42.7 Å². The summed E-state index contributed by atoms with van der Waals surface area (Å²) in [5.41, 5.74) is 2.98. The summed E-state index contributed by atoms with van der Waals surface area (Å²) in [7, 11) is 1.91. The van der Waals surface area contributed by atoms with E-state index in [1.165, 1.54) is 5.56 Å². The lowest BCUT2D eigenvalue weighted by molar-refractivity contribution is -0.136. The number of amides is 1. The van der Waals surface area contributed by atoms with Crippen molar-refractivity contribution < 1.29 is 9.90 Å². The van der Waals surface area contributed by atoms with Crippen molar-refractivity contribution in [3.8, 4) is 0 Å². The normalized spacial score (nSPS) is 22.7. The summed E-state index contributed by atoms with van der Waals surface area (Å²) in [4.78, 5) is 18.1. The number of hydrogen-bond acceptors (Lipinski definition) is 3. The number of carbonyl (C=O) groups is 1. The van der Waals surface area contributed by atoms with Gasteiger partial charge in [0.2, 0.25) is 5.91 Å². The summed E-state index contributed by atoms with van der Waals surface area (Å²) in [6, 6.07) is 28.7. The molecule has 1 N–H and O–H groups in total. The van der Waals surface area contributed by atoms with Crippen molar-refractivity contribution in [3.05, 3.63) is 107 Å². The zero-order chi connectivity index (χ0) is 22.9. The van der Waals surface area contributed by atoms with Crippen LogP contribution in [0.1, 0.15) is 41.5 Å². The molecule has 33 heavy (non-hydrogen) atoms. The van der Waals surface area contributed by atoms with Crippen molar-refractivity contribution in [2.45, 2.75) is 36.8 Å². The Bertz CT molecular complexity index is 1110. The molecule has 5 rings (SSSR count). The monoisotopic (exact) mass is 440 g/mol. The van der Waals surface area contributed by atoms with E-state index in [1.807, 2.05) is 60.5 Å². The Morgan fingerprint density at radius 1 is 0.818 bits per heavy atom. The van der Waals surface area contributed by atoms with Gasteiger partial charge in [0.25, 0.3) is 0 Å². The van der Waals surface area contributed by atoms with Crippen LogP contribution in [0.5, 0.6) is 0 Å². The molecule has 1 unspecified atom stereocenters. The van der Waals surface area contributed by atoms with Gasteiger partial charge in [0.1, 0.15) is 5.41 Å². The maximum atomic E-state index is 13.8. The number of aliphatic hydroxyl groups is 1. The maximum absolute atomic E-state index is 13.8. The lowest BCUT2D eigenvalue weighted by Crippen LogP contribution is -2.52. The summed E-state index contributed by atoms with van der Waals surface area (Å²) < 4.78 is 0. The van der Waals surface area contributed by atoms with Crippen LogP contribution in [-0.2, 0) is 22.4 Å². The molecule has 170 valence electrons. The fourth-order valence-electron chi connectivity index (χ4n) is 5.74. The fraction of sp³-hybridized carbons (Fsp3) is 0.345. The van der Waals surface area contributed by atoms with Crippen LogP contribution < -0.4 is 0 Å². The van der Waals surface area contributed by atoms with E-state index in [9.17, 15) is 9.90 Å². The third-order valence-electron chi connectivity index (χ3n) is 7.66. The largest absolute Gasteiger partial charge is 0.385 e. The molecule has 0 saturated carbocycles. The lowest BCUT2D eigenvalue weighted by Gasteiger charge is -2.44. The molecule has 2 aliphatic heterocycles. The highest BCUT2D eigenvalue weighted by molar-refractivity contribution is 5.94. The van der Waals surface area contributed by atoms with Gasteiger partial charge in [-0.25, -0.2) is 0 Å². The molecule has 0 spiro atoms. The van der Waals surface area contributed by atoms with E-state index in [0.29, 0.717) is 19.4 Å². The third-order valence-corrected chi connectivity index (χ3v) is 7.66. The highest BCUT2D eigenvalue weighted by Crippen LogP contribution is 2.43. The molecule has 1 amide bonds. The molecule has 1 atom stereocenters. The summed E-state index contributed by atoms with van der Waals surface area (Å²) in [6.45, 7) is 3.11. The average molecular weight is 441 g/mol. The van der Waals surface area contributed by atoms with Crippen LogP contribution in [0, 0.1) is 0 Å². The van der Waals surface area contributed by atoms with Gasteiger partial charge in [-0.05, 0) is 48.1 Å². The Labute approximate surface area is 196 Å². The Balaban J connectivity index is 1.41. The van der Waals surface area contributed by atoms with Crippen LogP contribution >= 0.6 is 0 Å². The molecule has 1 fully saturated rings. The second-order valence-corrected chi connectivity index (χ2v) is 9.58. The van der Waals surface area contributed by atoms with E-state index < -0.39 is 11.0 Å². The maximum Gasteiger partial charge on any atom is 0.237 e. The highest BCUT2D eigenvalue weighted by Gasteiger charge is 2.47. The molecule has 0 aliphatic carbocycles. The van der Waals surface area contributed by atoms with Crippen molar-refractivity contribution in [1.29, 1.82) is 0 Å². The number of likely N-dealkylation sites (tertiary alicyclic amines) is 1. The van der Waals surface area contributed by atoms with Crippen LogP contribution in [0.15, 0.2) is 84.9 Å². The van der Waals surface area contributed by atoms with E-state index in [1.54, 1.807) is 0 Å². The molecule has 3 aromatic carbocycles. The number of likely N-dealkylation sites (N-methyl/N-ethyl adjacent to an activating group) is 1. The molecule has 0 bridgehead atoms. The third kappa shape index (κ3) is 3.88. The first kappa shape index (κ1) is 21.9. The fourth-order valence-corrected chi connectivity index (χ4v) is 5.74. The van der Waals surface area contributed by atoms with Crippen LogP contribution in [-0.4, -0.2) is 47.5 Å². The van der Waals surface area contributed by atoms with Gasteiger partial charge < -0.3 is 14.9 Å². The topological polar surface area (TPSA) is 43.8 Å². The molecule has 2 heterocycles. The first-order chi connectivity index (χ1) is 16.0. The van der Waals surface area contributed by atoms with Crippen molar-refractivity contribution in [2.24, 2.45) is 0 Å². The quantitative estimate of drug-likeness (QED) is 0.643. The van der Waals surface area contributed by atoms with Gasteiger partial charge in [0.05, 0.1) is 5.60 Å². The SMILES string of the molecule is CN1Cc2ccccc2C(CCN2CCC(O)(c3ccccc3)CC2)(c2ccccc2)C1=O. The van der Waals surface area contributed by atoms with E-state index in [-0.39, 0.29) is 5.91 Å². The first-order valence-electron chi connectivity index (χ1n) is 11.9. The minimum absolute atomic E-state index is 0.171. The van der Waals surface area contributed by atoms with Crippen LogP contribution in [0.3, 0.4) is 0 Å². The molecule has 0 radical (unpaired) electrons. The number of piperidine rings is 1. The van der Waals surface area contributed by atoms with Crippen molar-refractivity contribution in [2.75, 3.05) is 26.7 Å². The number of fused-ring (bicyclic) bond motifs is 1. The number of carbonyl (C=O) groups excluding carboxylic acids is 1.